The summed E-state index contributed by atoms with van der Waals surface area (Å²) in [5.74, 6) is 0. The summed E-state index contributed by atoms with van der Waals surface area (Å²) in [6, 6.07) is 0. The van der Waals surface area contributed by atoms with Crippen LogP contribution in [-0.4, -0.2) is 44.6 Å². The molecule has 2 nitrogen and oxygen atoms in total. The zero-order valence-corrected chi connectivity index (χ0v) is 48.4. The predicted octanol–water partition coefficient (Wildman–Crippen LogP) is 20.1. The third kappa shape index (κ3) is 59.1. The van der Waals surface area contributed by atoms with E-state index in [2.05, 4.69) is 47.3 Å². The van der Waals surface area contributed by atoms with Gasteiger partial charge in [0.05, 0.1) is 0 Å². The van der Waals surface area contributed by atoms with Gasteiger partial charge in [-0.05, 0) is 25.7 Å². The molecule has 62 heavy (non-hydrogen) atoms. The van der Waals surface area contributed by atoms with Gasteiger partial charge >= 0.3 is 27.8 Å². The Morgan fingerprint density at radius 1 is 0.258 bits per heavy atom. The Kier molecular flexibility index (Phi) is 67.5. The average molecular weight is 1040 g/mol. The Balaban J connectivity index is -0.00000108. The first-order valence-electron chi connectivity index (χ1n) is 27.5. The van der Waals surface area contributed by atoms with Gasteiger partial charge in [-0.3, -0.25) is 0 Å². The molecule has 0 saturated carbocycles. The van der Waals surface area contributed by atoms with E-state index in [1.807, 2.05) is 0 Å². The van der Waals surface area contributed by atoms with Crippen LogP contribution in [0.2, 0.25) is 0 Å². The Morgan fingerprint density at radius 2 is 0.371 bits per heavy atom. The van der Waals surface area contributed by atoms with Crippen molar-refractivity contribution >= 4 is 68.2 Å². The number of nitrogens with zero attached hydrogens (tertiary/aromatic N) is 2. The summed E-state index contributed by atoms with van der Waals surface area (Å²) in [6.45, 7) is 13.5. The molecule has 0 spiro atoms. The zero-order chi connectivity index (χ0) is 46.3. The predicted molar refractivity (Wildman–Crippen MR) is 297 cm³/mol. The summed E-state index contributed by atoms with van der Waals surface area (Å²) in [6.07, 6.45) is 61.3. The average Bonchev–Trinajstić information content (AvgIpc) is 3.27. The van der Waals surface area contributed by atoms with Crippen LogP contribution in [0.5, 0.6) is 0 Å². The first-order chi connectivity index (χ1) is 30.4. The van der Waals surface area contributed by atoms with Crippen molar-refractivity contribution in [3.05, 3.63) is 0 Å². The Morgan fingerprint density at radius 3 is 0.484 bits per heavy atom. The van der Waals surface area contributed by atoms with Gasteiger partial charge in [-0.25, -0.2) is 0 Å². The van der Waals surface area contributed by atoms with Crippen molar-refractivity contribution in [2.45, 2.75) is 310 Å². The van der Waals surface area contributed by atoms with Crippen LogP contribution in [0.4, 0.5) is 0 Å². The zero-order valence-electron chi connectivity index (χ0n) is 42.3. The molecular weight excluding hydrogens is 933 g/mol. The van der Waals surface area contributed by atoms with Crippen molar-refractivity contribution in [2.24, 2.45) is 0 Å². The summed E-state index contributed by atoms with van der Waals surface area (Å²) in [5.41, 5.74) is 0. The van der Waals surface area contributed by atoms with Crippen LogP contribution < -0.4 is 0 Å². The van der Waals surface area contributed by atoms with Gasteiger partial charge in [0.2, 0.25) is 0 Å². The molecule has 0 unspecified atom stereocenters. The van der Waals surface area contributed by atoms with Gasteiger partial charge in [0.1, 0.15) is 0 Å². The summed E-state index contributed by atoms with van der Waals surface area (Å²) in [5, 5.41) is 0. The normalized spacial score (nSPS) is 10.8. The molecule has 0 N–H and O–H groups in total. The minimum atomic E-state index is 0.689. The molecule has 0 aromatic heterocycles. The van der Waals surface area contributed by atoms with Crippen molar-refractivity contribution in [3.8, 4) is 0 Å². The third-order valence-corrected chi connectivity index (χ3v) is 13.7. The fraction of sp³-hybridized carbons (Fsp3) is 0.963. The second-order valence-corrected chi connectivity index (χ2v) is 20.7. The van der Waals surface area contributed by atoms with Gasteiger partial charge in [-0.1, -0.05) is 293 Å². The quantitative estimate of drug-likeness (QED) is 0.0256. The van der Waals surface area contributed by atoms with Gasteiger partial charge in [-0.2, -0.15) is 0 Å². The number of hydrogen-bond donors (Lipinski definition) is 0. The van der Waals surface area contributed by atoms with E-state index >= 15 is 0 Å². The van der Waals surface area contributed by atoms with Crippen LogP contribution in [0.25, 0.3) is 0 Å². The van der Waals surface area contributed by atoms with Gasteiger partial charge in [0.15, 0.2) is 0 Å². The molecule has 0 atom stereocenters. The number of hydrogen-bond acceptors (Lipinski definition) is 5. The van der Waals surface area contributed by atoms with E-state index in [1.165, 1.54) is 301 Å². The maximum absolute atomic E-state index is 5.32. The van der Waals surface area contributed by atoms with E-state index in [0.717, 1.165) is 26.2 Å². The van der Waals surface area contributed by atoms with E-state index in [1.54, 1.807) is 0 Å². The van der Waals surface area contributed by atoms with Crippen LogP contribution in [0.1, 0.15) is 310 Å². The summed E-state index contributed by atoms with van der Waals surface area (Å²) < 4.78 is 1.38. The molecule has 0 aromatic rings. The SMILES string of the molecule is CCCCCCCCCCCCCN(CCCCCCCCCCCCC)C(=S)[S-].CCCCCCCCCCCCCN(CCCCCCCCCCCCC)C(=S)[S-].[S]=[Mo+2]. The molecule has 0 amide bonds. The first-order valence-corrected chi connectivity index (χ1v) is 31.9. The molecule has 0 rings (SSSR count). The molecule has 0 aromatic carbocycles. The second kappa shape index (κ2) is 62.1. The molecule has 0 radical (unpaired) electrons. The number of rotatable bonds is 48. The fourth-order valence-electron chi connectivity index (χ4n) is 8.46. The molecule has 8 heteroatoms. The first kappa shape index (κ1) is 67.4. The Bertz CT molecular complexity index is 732. The second-order valence-electron chi connectivity index (χ2n) is 18.6. The van der Waals surface area contributed by atoms with Crippen LogP contribution in [0.15, 0.2) is 0 Å². The third-order valence-electron chi connectivity index (χ3n) is 12.6. The van der Waals surface area contributed by atoms with E-state index < -0.39 is 0 Å². The number of unbranched alkanes of at least 4 members (excludes halogenated alkanes) is 40. The summed E-state index contributed by atoms with van der Waals surface area (Å²) in [7, 11) is 4.09. The number of thiocarbonyl (C=S) groups is 2. The molecule has 0 heterocycles. The molecule has 0 aliphatic heterocycles. The molecule has 370 valence electrons. The van der Waals surface area contributed by atoms with Crippen molar-refractivity contribution in [1.82, 2.24) is 9.80 Å². The fourth-order valence-corrected chi connectivity index (χ4v) is 9.19. The van der Waals surface area contributed by atoms with Crippen LogP contribution in [0, 0.1) is 0 Å². The molecule has 0 saturated heterocycles. The standard InChI is InChI=1S/2C27H55NS2.Mo.S/c2*1-3-5-7-9-11-13-15-17-19-21-23-25-28(27(29)30)26-24-22-20-18-16-14-12-10-8-6-4-2;;/h2*3-26H2,1-2H3,(H,29,30);;/q;;+2;/p-2. The van der Waals surface area contributed by atoms with Crippen molar-refractivity contribution in [1.29, 1.82) is 0 Å². The summed E-state index contributed by atoms with van der Waals surface area (Å²) in [4.78, 5) is 4.57. The van der Waals surface area contributed by atoms with Gasteiger partial charge in [0, 0.05) is 26.2 Å². The van der Waals surface area contributed by atoms with Crippen LogP contribution in [-0.2, 0) is 43.3 Å². The van der Waals surface area contributed by atoms with Crippen molar-refractivity contribution in [2.75, 3.05) is 26.2 Å². The van der Waals surface area contributed by atoms with Gasteiger partial charge in [-0.15, -0.1) is 0 Å². The van der Waals surface area contributed by atoms with E-state index in [-0.39, 0.29) is 0 Å². The minimum absolute atomic E-state index is 0.689. The Hall–Kier alpha value is 1.13. The van der Waals surface area contributed by atoms with Gasteiger partial charge in [0.25, 0.3) is 0 Å². The van der Waals surface area contributed by atoms with E-state index in [0.29, 0.717) is 8.64 Å². The monoisotopic (exact) mass is 1040 g/mol. The topological polar surface area (TPSA) is 6.48 Å². The van der Waals surface area contributed by atoms with E-state index in [4.69, 9.17) is 49.7 Å². The molecular formula is C54H108MoN2S5. The van der Waals surface area contributed by atoms with Crippen LogP contribution in [0.3, 0.4) is 0 Å². The van der Waals surface area contributed by atoms with Crippen molar-refractivity contribution < 1.29 is 18.0 Å². The van der Waals surface area contributed by atoms with Gasteiger partial charge < -0.3 is 59.5 Å². The van der Waals surface area contributed by atoms with E-state index in [9.17, 15) is 0 Å². The maximum atomic E-state index is 5.32. The summed E-state index contributed by atoms with van der Waals surface area (Å²) >= 11 is 22.8. The molecule has 0 fully saturated rings. The Labute approximate surface area is 428 Å². The molecule has 0 aliphatic rings. The molecule has 0 bridgehead atoms. The van der Waals surface area contributed by atoms with Crippen LogP contribution >= 0.6 is 34.3 Å². The molecule has 0 aliphatic carbocycles. The van der Waals surface area contributed by atoms with Crippen molar-refractivity contribution in [3.63, 3.8) is 0 Å².